The Balaban J connectivity index is 2.15. The second kappa shape index (κ2) is 7.92. The molecule has 3 atom stereocenters. The molecule has 1 heterocycles. The van der Waals surface area contributed by atoms with E-state index in [9.17, 15) is 0 Å². The van der Waals surface area contributed by atoms with Gasteiger partial charge < -0.3 is 10.1 Å². The third-order valence-corrected chi connectivity index (χ3v) is 4.60. The summed E-state index contributed by atoms with van der Waals surface area (Å²) in [7, 11) is 0. The predicted octanol–water partition coefficient (Wildman–Crippen LogP) is 3.01. The van der Waals surface area contributed by atoms with Crippen LogP contribution in [0.25, 0.3) is 0 Å². The Labute approximate surface area is 129 Å². The highest BCUT2D eigenvalue weighted by Crippen LogP contribution is 2.24. The lowest BCUT2D eigenvalue weighted by atomic mass is 9.96. The van der Waals surface area contributed by atoms with Crippen molar-refractivity contribution in [3.63, 3.8) is 0 Å². The molecule has 1 aromatic rings. The van der Waals surface area contributed by atoms with Crippen LogP contribution < -0.4 is 5.32 Å². The van der Waals surface area contributed by atoms with Gasteiger partial charge in [-0.15, -0.1) is 0 Å². The lowest BCUT2D eigenvalue weighted by Crippen LogP contribution is -2.52. The van der Waals surface area contributed by atoms with Crippen LogP contribution in [-0.2, 0) is 11.2 Å². The van der Waals surface area contributed by atoms with Gasteiger partial charge in [0.2, 0.25) is 0 Å². The zero-order valence-electron chi connectivity index (χ0n) is 13.9. The minimum absolute atomic E-state index is 0.376. The van der Waals surface area contributed by atoms with Crippen molar-refractivity contribution < 1.29 is 4.74 Å². The van der Waals surface area contributed by atoms with E-state index in [2.05, 4.69) is 62.2 Å². The number of hydrogen-bond donors (Lipinski definition) is 1. The molecule has 1 aliphatic rings. The number of rotatable bonds is 6. The zero-order chi connectivity index (χ0) is 15.2. The van der Waals surface area contributed by atoms with Crippen LogP contribution in [0.4, 0.5) is 0 Å². The van der Waals surface area contributed by atoms with E-state index in [1.165, 1.54) is 11.1 Å². The summed E-state index contributed by atoms with van der Waals surface area (Å²) in [5.74, 6) is 0. The first kappa shape index (κ1) is 16.5. The molecule has 0 amide bonds. The van der Waals surface area contributed by atoms with Crippen LogP contribution >= 0.6 is 0 Å². The average molecular weight is 290 g/mol. The molecule has 1 aromatic carbocycles. The van der Waals surface area contributed by atoms with Gasteiger partial charge in [-0.05, 0) is 37.9 Å². The molecule has 1 aliphatic heterocycles. The summed E-state index contributed by atoms with van der Waals surface area (Å²) in [6.45, 7) is 12.7. The normalized spacial score (nSPS) is 23.0. The van der Waals surface area contributed by atoms with Gasteiger partial charge in [-0.25, -0.2) is 0 Å². The molecule has 21 heavy (non-hydrogen) atoms. The van der Waals surface area contributed by atoms with E-state index in [0.29, 0.717) is 18.1 Å². The predicted molar refractivity (Wildman–Crippen MR) is 88.7 cm³/mol. The molecular formula is C18H30N2O. The maximum atomic E-state index is 5.58. The van der Waals surface area contributed by atoms with Crippen molar-refractivity contribution in [1.29, 1.82) is 0 Å². The van der Waals surface area contributed by atoms with E-state index in [1.54, 1.807) is 0 Å². The largest absolute Gasteiger partial charge is 0.379 e. The van der Waals surface area contributed by atoms with Crippen LogP contribution in [0.15, 0.2) is 24.3 Å². The second-order valence-corrected chi connectivity index (χ2v) is 6.03. The van der Waals surface area contributed by atoms with Gasteiger partial charge in [-0.1, -0.05) is 38.1 Å². The molecule has 3 unspecified atom stereocenters. The fourth-order valence-corrected chi connectivity index (χ4v) is 3.28. The summed E-state index contributed by atoms with van der Waals surface area (Å²) in [5, 5.41) is 3.67. The van der Waals surface area contributed by atoms with Gasteiger partial charge in [0.05, 0.1) is 13.2 Å². The van der Waals surface area contributed by atoms with Gasteiger partial charge in [0.25, 0.3) is 0 Å². The number of aryl methyl sites for hydroxylation is 1. The van der Waals surface area contributed by atoms with Crippen molar-refractivity contribution >= 4 is 0 Å². The molecule has 118 valence electrons. The third kappa shape index (κ3) is 4.06. The van der Waals surface area contributed by atoms with Crippen LogP contribution in [0, 0.1) is 0 Å². The number of benzene rings is 1. The maximum Gasteiger partial charge on any atom is 0.0619 e. The number of nitrogens with zero attached hydrogens (tertiary/aromatic N) is 1. The lowest BCUT2D eigenvalue weighted by molar-refractivity contribution is -0.0258. The molecule has 0 aliphatic carbocycles. The number of ether oxygens (including phenoxy) is 1. The third-order valence-electron chi connectivity index (χ3n) is 4.60. The first-order valence-electron chi connectivity index (χ1n) is 8.33. The first-order valence-corrected chi connectivity index (χ1v) is 8.33. The smallest absolute Gasteiger partial charge is 0.0619 e. The Hall–Kier alpha value is -0.900. The molecule has 3 heteroatoms. The Kier molecular flexibility index (Phi) is 6.22. The van der Waals surface area contributed by atoms with Crippen LogP contribution in [-0.4, -0.2) is 43.3 Å². The summed E-state index contributed by atoms with van der Waals surface area (Å²) in [6.07, 6.45) is 1.10. The Morgan fingerprint density at radius 1 is 1.29 bits per heavy atom. The Bertz CT molecular complexity index is 418. The standard InChI is InChI=1S/C18H30N2O/c1-5-16-7-9-17(10-8-16)18(19-6-2)15(4)20-11-12-21-13-14(20)3/h7-10,14-15,18-19H,5-6,11-13H2,1-4H3. The Morgan fingerprint density at radius 3 is 2.57 bits per heavy atom. The van der Waals surface area contributed by atoms with Gasteiger partial charge in [-0.3, -0.25) is 4.90 Å². The summed E-state index contributed by atoms with van der Waals surface area (Å²) in [4.78, 5) is 2.57. The van der Waals surface area contributed by atoms with Crippen molar-refractivity contribution in [2.75, 3.05) is 26.3 Å². The molecule has 1 fully saturated rings. The molecule has 2 rings (SSSR count). The van der Waals surface area contributed by atoms with E-state index >= 15 is 0 Å². The highest BCUT2D eigenvalue weighted by molar-refractivity contribution is 5.26. The van der Waals surface area contributed by atoms with E-state index in [4.69, 9.17) is 4.74 Å². The second-order valence-electron chi connectivity index (χ2n) is 6.03. The van der Waals surface area contributed by atoms with Gasteiger partial charge in [-0.2, -0.15) is 0 Å². The minimum atomic E-state index is 0.376. The summed E-state index contributed by atoms with van der Waals surface area (Å²) in [6, 6.07) is 10.4. The molecule has 0 bridgehead atoms. The van der Waals surface area contributed by atoms with E-state index in [-0.39, 0.29) is 0 Å². The average Bonchev–Trinajstić information content (AvgIpc) is 2.52. The fraction of sp³-hybridized carbons (Fsp3) is 0.667. The van der Waals surface area contributed by atoms with Crippen LogP contribution in [0.1, 0.15) is 44.9 Å². The highest BCUT2D eigenvalue weighted by atomic mass is 16.5. The quantitative estimate of drug-likeness (QED) is 0.871. The van der Waals surface area contributed by atoms with Gasteiger partial charge in [0, 0.05) is 24.7 Å². The van der Waals surface area contributed by atoms with E-state index in [1.807, 2.05) is 0 Å². The number of morpholine rings is 1. The molecule has 0 radical (unpaired) electrons. The van der Waals surface area contributed by atoms with E-state index < -0.39 is 0 Å². The maximum absolute atomic E-state index is 5.58. The molecule has 0 aromatic heterocycles. The van der Waals surface area contributed by atoms with Crippen molar-refractivity contribution in [2.24, 2.45) is 0 Å². The summed E-state index contributed by atoms with van der Waals surface area (Å²) < 4.78 is 5.58. The fourth-order valence-electron chi connectivity index (χ4n) is 3.28. The van der Waals surface area contributed by atoms with Gasteiger partial charge in [0.15, 0.2) is 0 Å². The van der Waals surface area contributed by atoms with Crippen molar-refractivity contribution in [1.82, 2.24) is 10.2 Å². The number of hydrogen-bond acceptors (Lipinski definition) is 3. The molecule has 1 saturated heterocycles. The Morgan fingerprint density at radius 2 is 2.00 bits per heavy atom. The lowest BCUT2D eigenvalue weighted by Gasteiger charge is -2.41. The summed E-state index contributed by atoms with van der Waals surface area (Å²) >= 11 is 0. The topological polar surface area (TPSA) is 24.5 Å². The first-order chi connectivity index (χ1) is 10.2. The van der Waals surface area contributed by atoms with Gasteiger partial charge >= 0.3 is 0 Å². The van der Waals surface area contributed by atoms with Gasteiger partial charge in [0.1, 0.15) is 0 Å². The molecule has 0 spiro atoms. The van der Waals surface area contributed by atoms with Crippen molar-refractivity contribution in [2.45, 2.75) is 52.2 Å². The van der Waals surface area contributed by atoms with Crippen LogP contribution in [0.3, 0.4) is 0 Å². The van der Waals surface area contributed by atoms with Crippen molar-refractivity contribution in [3.05, 3.63) is 35.4 Å². The molecule has 3 nitrogen and oxygen atoms in total. The monoisotopic (exact) mass is 290 g/mol. The SMILES string of the molecule is CCNC(c1ccc(CC)cc1)C(C)N1CCOCC1C. The molecule has 0 saturated carbocycles. The zero-order valence-corrected chi connectivity index (χ0v) is 13.9. The van der Waals surface area contributed by atoms with E-state index in [0.717, 1.165) is 32.7 Å². The minimum Gasteiger partial charge on any atom is -0.379 e. The van der Waals surface area contributed by atoms with Crippen LogP contribution in [0.2, 0.25) is 0 Å². The number of nitrogens with one attached hydrogen (secondary N) is 1. The molecule has 1 N–H and O–H groups in total. The summed E-state index contributed by atoms with van der Waals surface area (Å²) in [5.41, 5.74) is 2.79. The van der Waals surface area contributed by atoms with Crippen LogP contribution in [0.5, 0.6) is 0 Å². The molecular weight excluding hydrogens is 260 g/mol. The van der Waals surface area contributed by atoms with Crippen molar-refractivity contribution in [3.8, 4) is 0 Å². The number of likely N-dealkylation sites (N-methyl/N-ethyl adjacent to an activating group) is 1. The highest BCUT2D eigenvalue weighted by Gasteiger charge is 2.29.